The minimum absolute atomic E-state index is 0.0820. The average Bonchev–Trinajstić information content (AvgIpc) is 2.76. The van der Waals surface area contributed by atoms with Crippen molar-refractivity contribution >= 4 is 35.1 Å². The number of nitrogens with one attached hydrogen (secondary N) is 2. The van der Waals surface area contributed by atoms with Crippen LogP contribution in [0.5, 0.6) is 0 Å². The van der Waals surface area contributed by atoms with Gasteiger partial charge in [-0.15, -0.1) is 0 Å². The highest BCUT2D eigenvalue weighted by Gasteiger charge is 2.56. The summed E-state index contributed by atoms with van der Waals surface area (Å²) >= 11 is 5.92. The Morgan fingerprint density at radius 3 is 2.75 bits per heavy atom. The van der Waals surface area contributed by atoms with Crippen LogP contribution in [0.4, 0.5) is 10.5 Å². The van der Waals surface area contributed by atoms with Crippen molar-refractivity contribution in [2.75, 3.05) is 11.9 Å². The van der Waals surface area contributed by atoms with Crippen molar-refractivity contribution in [3.05, 3.63) is 28.8 Å². The predicted octanol–water partition coefficient (Wildman–Crippen LogP) is 3.29. The summed E-state index contributed by atoms with van der Waals surface area (Å²) in [6.07, 6.45) is 2.08. The smallest absolute Gasteiger partial charge is 0.323 e. The maximum absolute atomic E-state index is 13.1. The Balaban J connectivity index is 1.76. The topological polar surface area (TPSA) is 102 Å². The Morgan fingerprint density at radius 2 is 2.11 bits per heavy atom. The first-order valence-electron chi connectivity index (χ1n) is 9.19. The molecule has 1 spiro atoms. The second-order valence-corrected chi connectivity index (χ2v) is 9.04. The number of amides is 4. The highest BCUT2D eigenvalue weighted by atomic mass is 35.5. The SMILES string of the molecule is C[C@H]1CC(C)(C)C[C@]2(C1)NC(=O)N(CC(=O)Nc1cc(Cl)ccc1C#N)C2=O. The Kier molecular flexibility index (Phi) is 5.11. The van der Waals surface area contributed by atoms with Gasteiger partial charge >= 0.3 is 6.03 Å². The molecule has 7 nitrogen and oxygen atoms in total. The Morgan fingerprint density at radius 1 is 1.39 bits per heavy atom. The van der Waals surface area contributed by atoms with Gasteiger partial charge in [0.05, 0.1) is 11.3 Å². The third-order valence-electron chi connectivity index (χ3n) is 5.30. The van der Waals surface area contributed by atoms with E-state index in [9.17, 15) is 14.4 Å². The van der Waals surface area contributed by atoms with E-state index >= 15 is 0 Å². The number of anilines is 1. The second-order valence-electron chi connectivity index (χ2n) is 8.61. The van der Waals surface area contributed by atoms with Crippen molar-refractivity contribution in [3.63, 3.8) is 0 Å². The van der Waals surface area contributed by atoms with Crippen molar-refractivity contribution in [1.82, 2.24) is 10.2 Å². The fraction of sp³-hybridized carbons (Fsp3) is 0.500. The van der Waals surface area contributed by atoms with Crippen molar-refractivity contribution in [2.24, 2.45) is 11.3 Å². The van der Waals surface area contributed by atoms with E-state index in [1.54, 1.807) is 6.07 Å². The maximum Gasteiger partial charge on any atom is 0.325 e. The molecule has 1 saturated heterocycles. The molecule has 1 aromatic rings. The fourth-order valence-electron chi connectivity index (χ4n) is 4.70. The lowest BCUT2D eigenvalue weighted by Gasteiger charge is -2.43. The summed E-state index contributed by atoms with van der Waals surface area (Å²) in [5.41, 5.74) is -0.545. The Hall–Kier alpha value is -2.59. The van der Waals surface area contributed by atoms with Gasteiger partial charge in [0.1, 0.15) is 18.2 Å². The Labute approximate surface area is 169 Å². The van der Waals surface area contributed by atoms with Gasteiger partial charge in [-0.05, 0) is 48.8 Å². The first-order chi connectivity index (χ1) is 13.0. The van der Waals surface area contributed by atoms with Crippen LogP contribution >= 0.6 is 11.6 Å². The van der Waals surface area contributed by atoms with E-state index in [1.165, 1.54) is 12.1 Å². The van der Waals surface area contributed by atoms with Crippen LogP contribution in [0, 0.1) is 22.7 Å². The number of carbonyl (C=O) groups excluding carboxylic acids is 3. The zero-order chi connectivity index (χ0) is 20.7. The average molecular weight is 403 g/mol. The van der Waals surface area contributed by atoms with Crippen molar-refractivity contribution < 1.29 is 14.4 Å². The number of halogens is 1. The summed E-state index contributed by atoms with van der Waals surface area (Å²) in [6, 6.07) is 5.90. The van der Waals surface area contributed by atoms with Crippen LogP contribution in [0.2, 0.25) is 5.02 Å². The summed E-state index contributed by atoms with van der Waals surface area (Å²) in [4.78, 5) is 39.0. The van der Waals surface area contributed by atoms with Crippen molar-refractivity contribution in [2.45, 2.75) is 45.6 Å². The molecule has 148 valence electrons. The van der Waals surface area contributed by atoms with Gasteiger partial charge in [-0.2, -0.15) is 5.26 Å². The minimum Gasteiger partial charge on any atom is -0.323 e. The van der Waals surface area contributed by atoms with Gasteiger partial charge in [-0.25, -0.2) is 4.79 Å². The molecule has 0 unspecified atom stereocenters. The number of carbonyl (C=O) groups is 3. The minimum atomic E-state index is -0.952. The van der Waals surface area contributed by atoms with Gasteiger partial charge in [0.2, 0.25) is 5.91 Å². The largest absolute Gasteiger partial charge is 0.325 e. The van der Waals surface area contributed by atoms with Crippen molar-refractivity contribution in [1.29, 1.82) is 5.26 Å². The number of nitrogens with zero attached hydrogens (tertiary/aromatic N) is 2. The van der Waals surface area contributed by atoms with E-state index < -0.39 is 24.0 Å². The molecular weight excluding hydrogens is 380 g/mol. The van der Waals surface area contributed by atoms with Crippen LogP contribution in [0.15, 0.2) is 18.2 Å². The molecule has 1 aliphatic carbocycles. The molecule has 2 aliphatic rings. The van der Waals surface area contributed by atoms with E-state index in [0.717, 1.165) is 11.3 Å². The molecule has 28 heavy (non-hydrogen) atoms. The molecule has 1 saturated carbocycles. The normalized spacial score (nSPS) is 26.1. The number of nitriles is 1. The molecule has 1 aliphatic heterocycles. The highest BCUT2D eigenvalue weighted by molar-refractivity contribution is 6.31. The fourth-order valence-corrected chi connectivity index (χ4v) is 4.87. The molecule has 0 radical (unpaired) electrons. The number of benzene rings is 1. The summed E-state index contributed by atoms with van der Waals surface area (Å²) in [5, 5.41) is 14.9. The lowest BCUT2D eigenvalue weighted by molar-refractivity contribution is -0.136. The summed E-state index contributed by atoms with van der Waals surface area (Å²) in [7, 11) is 0. The van der Waals surface area contributed by atoms with E-state index in [4.69, 9.17) is 16.9 Å². The lowest BCUT2D eigenvalue weighted by Crippen LogP contribution is -2.54. The van der Waals surface area contributed by atoms with Crippen LogP contribution in [0.25, 0.3) is 0 Å². The summed E-state index contributed by atoms with van der Waals surface area (Å²) in [6.45, 7) is 5.82. The quantitative estimate of drug-likeness (QED) is 0.757. The summed E-state index contributed by atoms with van der Waals surface area (Å²) < 4.78 is 0. The lowest BCUT2D eigenvalue weighted by atomic mass is 9.64. The molecule has 8 heteroatoms. The van der Waals surface area contributed by atoms with Gasteiger partial charge in [-0.1, -0.05) is 32.4 Å². The molecule has 2 fully saturated rings. The van der Waals surface area contributed by atoms with Crippen LogP contribution < -0.4 is 10.6 Å². The van der Waals surface area contributed by atoms with E-state index in [1.807, 2.05) is 6.07 Å². The number of rotatable bonds is 3. The standard InChI is InChI=1S/C20H23ClN4O3/c1-12-7-19(2,3)11-20(8-12)17(27)25(18(28)24-20)10-16(26)23-15-6-14(21)5-4-13(15)9-22/h4-6,12H,7-8,10-11H2,1-3H3,(H,23,26)(H,24,28)/t12-,20-/m0/s1. The number of urea groups is 1. The molecule has 2 atom stereocenters. The van der Waals surface area contributed by atoms with Crippen LogP contribution in [-0.4, -0.2) is 34.8 Å². The van der Waals surface area contributed by atoms with Crippen LogP contribution in [0.3, 0.4) is 0 Å². The molecule has 2 N–H and O–H groups in total. The third kappa shape index (κ3) is 3.83. The number of imide groups is 1. The first-order valence-corrected chi connectivity index (χ1v) is 9.57. The van der Waals surface area contributed by atoms with Crippen molar-refractivity contribution in [3.8, 4) is 6.07 Å². The van der Waals surface area contributed by atoms with Crippen LogP contribution in [-0.2, 0) is 9.59 Å². The zero-order valence-electron chi connectivity index (χ0n) is 16.1. The van der Waals surface area contributed by atoms with Gasteiger partial charge in [0.15, 0.2) is 0 Å². The molecule has 3 rings (SSSR count). The van der Waals surface area contributed by atoms with Gasteiger partial charge in [-0.3, -0.25) is 14.5 Å². The van der Waals surface area contributed by atoms with Gasteiger partial charge in [0.25, 0.3) is 5.91 Å². The van der Waals surface area contributed by atoms with Gasteiger partial charge in [0, 0.05) is 5.02 Å². The molecule has 0 aromatic heterocycles. The first kappa shape index (κ1) is 20.2. The monoisotopic (exact) mass is 402 g/mol. The maximum atomic E-state index is 13.1. The highest BCUT2D eigenvalue weighted by Crippen LogP contribution is 2.46. The van der Waals surface area contributed by atoms with E-state index in [0.29, 0.717) is 17.9 Å². The molecular formula is C20H23ClN4O3. The van der Waals surface area contributed by atoms with Gasteiger partial charge < -0.3 is 10.6 Å². The summed E-state index contributed by atoms with van der Waals surface area (Å²) in [5.74, 6) is -0.646. The number of hydrogen-bond acceptors (Lipinski definition) is 4. The zero-order valence-corrected chi connectivity index (χ0v) is 16.9. The second kappa shape index (κ2) is 7.10. The molecule has 1 heterocycles. The van der Waals surface area contributed by atoms with Crippen LogP contribution in [0.1, 0.15) is 45.6 Å². The molecule has 1 aromatic carbocycles. The van der Waals surface area contributed by atoms with E-state index in [-0.39, 0.29) is 28.5 Å². The molecule has 0 bridgehead atoms. The van der Waals surface area contributed by atoms with E-state index in [2.05, 4.69) is 31.4 Å². The third-order valence-corrected chi connectivity index (χ3v) is 5.54. The predicted molar refractivity (Wildman–Crippen MR) is 105 cm³/mol. The Bertz CT molecular complexity index is 892. The number of hydrogen-bond donors (Lipinski definition) is 2. The molecule has 4 amide bonds.